The molecule has 0 aromatic heterocycles. The fourth-order valence-corrected chi connectivity index (χ4v) is 3.33. The molecule has 4 nitrogen and oxygen atoms in total. The molecule has 24 heavy (non-hydrogen) atoms. The second kappa shape index (κ2) is 10.3. The molecular formula is C18H30Cl2N2O2. The largest absolute Gasteiger partial charge is 0.493 e. The predicted octanol–water partition coefficient (Wildman–Crippen LogP) is 3.68. The molecule has 2 aliphatic rings. The molecule has 1 aliphatic carbocycles. The number of halogens is 2. The Morgan fingerprint density at radius 1 is 1.17 bits per heavy atom. The lowest BCUT2D eigenvalue weighted by atomic mass is 9.98. The number of rotatable bonds is 7. The van der Waals surface area contributed by atoms with Gasteiger partial charge in [0, 0.05) is 32.2 Å². The van der Waals surface area contributed by atoms with E-state index in [0.29, 0.717) is 12.6 Å². The van der Waals surface area contributed by atoms with Crippen LogP contribution in [0.1, 0.15) is 37.8 Å². The fourth-order valence-electron chi connectivity index (χ4n) is 3.33. The lowest BCUT2D eigenvalue weighted by Crippen LogP contribution is -2.45. The van der Waals surface area contributed by atoms with Crippen molar-refractivity contribution in [2.75, 3.05) is 39.9 Å². The first-order chi connectivity index (χ1) is 10.8. The van der Waals surface area contributed by atoms with Gasteiger partial charge in [-0.1, -0.05) is 18.9 Å². The Balaban J connectivity index is 0.00000144. The van der Waals surface area contributed by atoms with Crippen molar-refractivity contribution in [2.24, 2.45) is 5.92 Å². The van der Waals surface area contributed by atoms with Crippen LogP contribution in [-0.2, 0) is 0 Å². The molecule has 1 aromatic carbocycles. The molecule has 138 valence electrons. The van der Waals surface area contributed by atoms with Crippen LogP contribution in [0.15, 0.2) is 18.2 Å². The van der Waals surface area contributed by atoms with Crippen LogP contribution in [0, 0.1) is 5.92 Å². The topological polar surface area (TPSA) is 33.7 Å². The molecule has 0 unspecified atom stereocenters. The van der Waals surface area contributed by atoms with Crippen molar-refractivity contribution < 1.29 is 9.47 Å². The van der Waals surface area contributed by atoms with Crippen LogP contribution >= 0.6 is 24.8 Å². The summed E-state index contributed by atoms with van der Waals surface area (Å²) < 4.78 is 11.2. The van der Waals surface area contributed by atoms with E-state index in [0.717, 1.165) is 43.6 Å². The zero-order valence-corrected chi connectivity index (χ0v) is 16.3. The molecule has 0 amide bonds. The first kappa shape index (κ1) is 21.4. The summed E-state index contributed by atoms with van der Waals surface area (Å²) in [6.07, 6.45) is 4.07. The normalized spacial score (nSPS) is 18.9. The van der Waals surface area contributed by atoms with Crippen LogP contribution < -0.4 is 14.8 Å². The first-order valence-corrected chi connectivity index (χ1v) is 8.57. The number of benzene rings is 1. The number of ether oxygens (including phenoxy) is 2. The van der Waals surface area contributed by atoms with Crippen molar-refractivity contribution in [1.29, 1.82) is 0 Å². The summed E-state index contributed by atoms with van der Waals surface area (Å²) >= 11 is 0. The van der Waals surface area contributed by atoms with Crippen molar-refractivity contribution in [1.82, 2.24) is 10.2 Å². The van der Waals surface area contributed by atoms with Crippen LogP contribution in [0.3, 0.4) is 0 Å². The Labute approximate surface area is 158 Å². The molecule has 1 heterocycles. The molecule has 1 N–H and O–H groups in total. The summed E-state index contributed by atoms with van der Waals surface area (Å²) in [5.41, 5.74) is 1.37. The lowest BCUT2D eigenvalue weighted by Gasteiger charge is -2.35. The minimum absolute atomic E-state index is 0. The van der Waals surface area contributed by atoms with Gasteiger partial charge in [0.15, 0.2) is 11.5 Å². The minimum atomic E-state index is 0. The summed E-state index contributed by atoms with van der Waals surface area (Å²) in [6, 6.07) is 6.99. The highest BCUT2D eigenvalue weighted by atomic mass is 35.5. The molecular weight excluding hydrogens is 347 g/mol. The second-order valence-corrected chi connectivity index (χ2v) is 6.32. The molecule has 1 aromatic rings. The van der Waals surface area contributed by atoms with Gasteiger partial charge >= 0.3 is 0 Å². The molecule has 1 saturated carbocycles. The van der Waals surface area contributed by atoms with Gasteiger partial charge in [0.1, 0.15) is 0 Å². The number of hydrogen-bond acceptors (Lipinski definition) is 4. The summed E-state index contributed by atoms with van der Waals surface area (Å²) in [5.74, 6) is 2.62. The van der Waals surface area contributed by atoms with Gasteiger partial charge in [-0.05, 0) is 37.0 Å². The summed E-state index contributed by atoms with van der Waals surface area (Å²) in [5, 5.41) is 3.45. The molecule has 0 radical (unpaired) electrons. The van der Waals surface area contributed by atoms with Crippen molar-refractivity contribution in [3.05, 3.63) is 23.8 Å². The van der Waals surface area contributed by atoms with Crippen molar-refractivity contribution >= 4 is 24.8 Å². The smallest absolute Gasteiger partial charge is 0.161 e. The summed E-state index contributed by atoms with van der Waals surface area (Å²) in [6.45, 7) is 7.12. The first-order valence-electron chi connectivity index (χ1n) is 8.57. The zero-order chi connectivity index (χ0) is 15.4. The van der Waals surface area contributed by atoms with Crippen molar-refractivity contribution in [3.63, 3.8) is 0 Å². The Bertz CT molecular complexity index is 492. The molecule has 0 bridgehead atoms. The molecule has 1 atom stereocenters. The van der Waals surface area contributed by atoms with Gasteiger partial charge in [-0.3, -0.25) is 4.90 Å². The van der Waals surface area contributed by atoms with E-state index >= 15 is 0 Å². The molecule has 0 spiro atoms. The van der Waals surface area contributed by atoms with E-state index in [1.54, 1.807) is 7.11 Å². The van der Waals surface area contributed by atoms with Gasteiger partial charge in [-0.25, -0.2) is 0 Å². The van der Waals surface area contributed by atoms with Gasteiger partial charge in [-0.2, -0.15) is 0 Å². The highest BCUT2D eigenvalue weighted by molar-refractivity contribution is 5.85. The SMILES string of the molecule is CCOc1ccc([C@@H](CC2CC2)N2CCNCC2)cc1OC.Cl.Cl. The molecule has 1 saturated heterocycles. The van der Waals surface area contributed by atoms with Gasteiger partial charge in [0.25, 0.3) is 0 Å². The average Bonchev–Trinajstić information content (AvgIpc) is 3.38. The third kappa shape index (κ3) is 5.41. The van der Waals surface area contributed by atoms with Crippen molar-refractivity contribution in [3.8, 4) is 11.5 Å². The predicted molar refractivity (Wildman–Crippen MR) is 103 cm³/mol. The van der Waals surface area contributed by atoms with E-state index in [1.807, 2.05) is 6.92 Å². The van der Waals surface area contributed by atoms with Gasteiger partial charge in [-0.15, -0.1) is 24.8 Å². The third-order valence-corrected chi connectivity index (χ3v) is 4.72. The molecule has 2 fully saturated rings. The third-order valence-electron chi connectivity index (χ3n) is 4.72. The monoisotopic (exact) mass is 376 g/mol. The highest BCUT2D eigenvalue weighted by Gasteiger charge is 2.30. The van der Waals surface area contributed by atoms with Gasteiger partial charge in [0.05, 0.1) is 13.7 Å². The van der Waals surface area contributed by atoms with E-state index in [1.165, 1.54) is 24.8 Å². The van der Waals surface area contributed by atoms with Crippen LogP contribution in [0.25, 0.3) is 0 Å². The highest BCUT2D eigenvalue weighted by Crippen LogP contribution is 2.41. The summed E-state index contributed by atoms with van der Waals surface area (Å²) in [7, 11) is 1.72. The minimum Gasteiger partial charge on any atom is -0.493 e. The number of nitrogens with one attached hydrogen (secondary N) is 1. The van der Waals surface area contributed by atoms with E-state index in [2.05, 4.69) is 28.4 Å². The van der Waals surface area contributed by atoms with Crippen LogP contribution in [0.5, 0.6) is 11.5 Å². The van der Waals surface area contributed by atoms with E-state index < -0.39 is 0 Å². The van der Waals surface area contributed by atoms with Crippen LogP contribution in [-0.4, -0.2) is 44.8 Å². The quantitative estimate of drug-likeness (QED) is 0.786. The lowest BCUT2D eigenvalue weighted by molar-refractivity contribution is 0.160. The Morgan fingerprint density at radius 3 is 2.46 bits per heavy atom. The zero-order valence-electron chi connectivity index (χ0n) is 14.6. The standard InChI is InChI=1S/C18H28N2O2.2ClH/c1-3-22-17-7-6-15(13-18(17)21-2)16(12-14-4-5-14)20-10-8-19-9-11-20;;/h6-7,13-14,16,19H,3-5,8-12H2,1-2H3;2*1H/t16-;;/m1../s1. The molecule has 6 heteroatoms. The number of methoxy groups -OCH3 is 1. The number of hydrogen-bond donors (Lipinski definition) is 1. The van der Waals surface area contributed by atoms with E-state index in [9.17, 15) is 0 Å². The van der Waals surface area contributed by atoms with Gasteiger partial charge < -0.3 is 14.8 Å². The molecule has 3 rings (SSSR count). The van der Waals surface area contributed by atoms with E-state index in [4.69, 9.17) is 9.47 Å². The van der Waals surface area contributed by atoms with Crippen molar-refractivity contribution in [2.45, 2.75) is 32.2 Å². The molecule has 1 aliphatic heterocycles. The number of nitrogens with zero attached hydrogens (tertiary/aromatic N) is 1. The van der Waals surface area contributed by atoms with Crippen LogP contribution in [0.2, 0.25) is 0 Å². The number of piperazine rings is 1. The average molecular weight is 377 g/mol. The van der Waals surface area contributed by atoms with Crippen LogP contribution in [0.4, 0.5) is 0 Å². The summed E-state index contributed by atoms with van der Waals surface area (Å²) in [4.78, 5) is 2.63. The Morgan fingerprint density at radius 2 is 1.88 bits per heavy atom. The maximum absolute atomic E-state index is 5.65. The maximum atomic E-state index is 5.65. The fraction of sp³-hybridized carbons (Fsp3) is 0.667. The maximum Gasteiger partial charge on any atom is 0.161 e. The second-order valence-electron chi connectivity index (χ2n) is 6.32. The Hall–Kier alpha value is -0.680. The van der Waals surface area contributed by atoms with E-state index in [-0.39, 0.29) is 24.8 Å². The van der Waals surface area contributed by atoms with Gasteiger partial charge in [0.2, 0.25) is 0 Å². The Kier molecular flexibility index (Phi) is 9.21.